The van der Waals surface area contributed by atoms with Crippen LogP contribution >= 0.6 is 0 Å². The molecule has 0 saturated carbocycles. The molecule has 0 aromatic carbocycles. The van der Waals surface area contributed by atoms with Gasteiger partial charge in [-0.1, -0.05) is 12.1 Å². The second-order valence-electron chi connectivity index (χ2n) is 5.95. The van der Waals surface area contributed by atoms with Crippen LogP contribution in [0.15, 0.2) is 16.8 Å². The second-order valence-corrected chi connectivity index (χ2v) is 5.95. The van der Waals surface area contributed by atoms with E-state index in [0.29, 0.717) is 23.1 Å². The molecule has 2 aliphatic rings. The van der Waals surface area contributed by atoms with Crippen LogP contribution in [0, 0.1) is 11.8 Å². The average Bonchev–Trinajstić information content (AvgIpc) is 3.19. The van der Waals surface area contributed by atoms with Gasteiger partial charge < -0.3 is 14.7 Å². The van der Waals surface area contributed by atoms with Gasteiger partial charge in [0.1, 0.15) is 0 Å². The highest BCUT2D eigenvalue weighted by Crippen LogP contribution is 2.28. The molecule has 2 aromatic heterocycles. The highest BCUT2D eigenvalue weighted by atomic mass is 16.5. The van der Waals surface area contributed by atoms with E-state index in [1.165, 1.54) is 0 Å². The number of hydrogen-bond donors (Lipinski definition) is 1. The summed E-state index contributed by atoms with van der Waals surface area (Å²) >= 11 is 0. The zero-order chi connectivity index (χ0) is 14.4. The van der Waals surface area contributed by atoms with Crippen molar-refractivity contribution in [1.29, 1.82) is 0 Å². The summed E-state index contributed by atoms with van der Waals surface area (Å²) < 4.78 is 5.17. The van der Waals surface area contributed by atoms with E-state index in [4.69, 9.17) is 4.52 Å². The van der Waals surface area contributed by atoms with E-state index in [-0.39, 0.29) is 5.91 Å². The van der Waals surface area contributed by atoms with Crippen LogP contribution in [0.4, 0.5) is 0 Å². The molecule has 0 unspecified atom stereocenters. The number of carbonyl (C=O) groups is 1. The Hall–Kier alpha value is -1.95. The molecule has 0 radical (unpaired) electrons. The number of rotatable bonds is 2. The first-order valence-electron chi connectivity index (χ1n) is 7.50. The number of nitrogens with zero attached hydrogens (tertiary/aromatic N) is 3. The lowest BCUT2D eigenvalue weighted by atomic mass is 10.0. The summed E-state index contributed by atoms with van der Waals surface area (Å²) in [5.74, 6) is 1.28. The Labute approximate surface area is 122 Å². The number of aryl methyl sites for hydroxylation is 1. The van der Waals surface area contributed by atoms with Gasteiger partial charge in [-0.2, -0.15) is 0 Å². The Kier molecular flexibility index (Phi) is 2.92. The number of aromatic nitrogens is 2. The number of hydrogen-bond acceptors (Lipinski definition) is 5. The molecule has 1 amide bonds. The number of fused-ring (bicyclic) bond motifs is 2. The molecular weight excluding hydrogens is 268 g/mol. The highest BCUT2D eigenvalue weighted by Gasteiger charge is 2.38. The maximum Gasteiger partial charge on any atom is 0.257 e. The summed E-state index contributed by atoms with van der Waals surface area (Å²) in [5, 5.41) is 8.23. The van der Waals surface area contributed by atoms with Crippen LogP contribution in [0.3, 0.4) is 0 Å². The molecular formula is C15H18N4O2. The van der Waals surface area contributed by atoms with Crippen LogP contribution in [-0.2, 0) is 6.42 Å². The van der Waals surface area contributed by atoms with Crippen LogP contribution in [0.1, 0.15) is 23.0 Å². The van der Waals surface area contributed by atoms with E-state index >= 15 is 0 Å². The third kappa shape index (κ3) is 2.01. The van der Waals surface area contributed by atoms with Gasteiger partial charge in [-0.15, -0.1) is 0 Å². The zero-order valence-corrected chi connectivity index (χ0v) is 12.0. The Morgan fingerprint density at radius 3 is 2.90 bits per heavy atom. The molecule has 2 atom stereocenters. The normalized spacial score (nSPS) is 24.7. The molecule has 2 aliphatic heterocycles. The molecule has 0 bridgehead atoms. The van der Waals surface area contributed by atoms with E-state index < -0.39 is 0 Å². The van der Waals surface area contributed by atoms with E-state index in [2.05, 4.69) is 15.5 Å². The first-order chi connectivity index (χ1) is 10.3. The minimum absolute atomic E-state index is 0.0713. The van der Waals surface area contributed by atoms with Crippen molar-refractivity contribution in [2.75, 3.05) is 26.2 Å². The maximum absolute atomic E-state index is 12.7. The average molecular weight is 286 g/mol. The van der Waals surface area contributed by atoms with E-state index in [1.807, 2.05) is 17.9 Å². The molecule has 2 fully saturated rings. The van der Waals surface area contributed by atoms with Crippen molar-refractivity contribution in [3.05, 3.63) is 23.5 Å². The van der Waals surface area contributed by atoms with Crippen molar-refractivity contribution >= 4 is 17.0 Å². The zero-order valence-electron chi connectivity index (χ0n) is 12.0. The third-order valence-corrected chi connectivity index (χ3v) is 4.66. The topological polar surface area (TPSA) is 71.3 Å². The van der Waals surface area contributed by atoms with Gasteiger partial charge in [0, 0.05) is 32.4 Å². The van der Waals surface area contributed by atoms with Crippen LogP contribution in [0.5, 0.6) is 0 Å². The first-order valence-corrected chi connectivity index (χ1v) is 7.50. The van der Waals surface area contributed by atoms with Crippen molar-refractivity contribution in [2.45, 2.75) is 13.3 Å². The second kappa shape index (κ2) is 4.80. The lowest BCUT2D eigenvalue weighted by molar-refractivity contribution is 0.0781. The van der Waals surface area contributed by atoms with Gasteiger partial charge in [-0.3, -0.25) is 4.79 Å². The van der Waals surface area contributed by atoms with Crippen molar-refractivity contribution in [3.63, 3.8) is 0 Å². The molecule has 21 heavy (non-hydrogen) atoms. The standard InChI is InChI=1S/C15H18N4O2/c1-2-13-12-3-9(6-17-14(12)21-18-13)15(20)19-7-10-4-16-5-11(10)8-19/h3,6,10-11,16H,2,4-5,7-8H2,1H3/t10-,11+. The largest absolute Gasteiger partial charge is 0.338 e. The van der Waals surface area contributed by atoms with E-state index in [1.54, 1.807) is 6.20 Å². The Morgan fingerprint density at radius 2 is 2.19 bits per heavy atom. The Bertz CT molecular complexity index is 684. The number of amides is 1. The highest BCUT2D eigenvalue weighted by molar-refractivity contribution is 5.97. The minimum atomic E-state index is 0.0713. The molecule has 4 rings (SSSR count). The van der Waals surface area contributed by atoms with Gasteiger partial charge in [0.2, 0.25) is 0 Å². The molecule has 0 aliphatic carbocycles. The van der Waals surface area contributed by atoms with Crippen LogP contribution in [0.25, 0.3) is 11.1 Å². The predicted molar refractivity (Wildman–Crippen MR) is 76.9 cm³/mol. The fourth-order valence-corrected chi connectivity index (χ4v) is 3.45. The number of pyridine rings is 1. The first kappa shape index (κ1) is 12.8. The van der Waals surface area contributed by atoms with Crippen LogP contribution < -0.4 is 5.32 Å². The SMILES string of the molecule is CCc1noc2ncc(C(=O)N3C[C@H]4CNC[C@H]4C3)cc12. The molecule has 1 N–H and O–H groups in total. The quantitative estimate of drug-likeness (QED) is 0.894. The lowest BCUT2D eigenvalue weighted by Gasteiger charge is -2.17. The maximum atomic E-state index is 12.7. The summed E-state index contributed by atoms with van der Waals surface area (Å²) in [6, 6.07) is 1.87. The monoisotopic (exact) mass is 286 g/mol. The summed E-state index contributed by atoms with van der Waals surface area (Å²) in [5.41, 5.74) is 1.99. The number of nitrogens with one attached hydrogen (secondary N) is 1. The molecule has 4 heterocycles. The van der Waals surface area contributed by atoms with Gasteiger partial charge in [-0.05, 0) is 24.3 Å². The molecule has 110 valence electrons. The summed E-state index contributed by atoms with van der Waals surface area (Å²) in [6.45, 7) is 5.76. The molecule has 0 spiro atoms. The molecule has 2 saturated heterocycles. The number of likely N-dealkylation sites (tertiary alicyclic amines) is 1. The van der Waals surface area contributed by atoms with Crippen molar-refractivity contribution in [1.82, 2.24) is 20.4 Å². The summed E-state index contributed by atoms with van der Waals surface area (Å²) in [7, 11) is 0. The summed E-state index contributed by atoms with van der Waals surface area (Å²) in [4.78, 5) is 18.8. The lowest BCUT2D eigenvalue weighted by Crippen LogP contribution is -2.31. The smallest absolute Gasteiger partial charge is 0.257 e. The number of carbonyl (C=O) groups excluding carboxylic acids is 1. The van der Waals surface area contributed by atoms with Gasteiger partial charge >= 0.3 is 0 Å². The fourth-order valence-electron chi connectivity index (χ4n) is 3.45. The third-order valence-electron chi connectivity index (χ3n) is 4.66. The minimum Gasteiger partial charge on any atom is -0.338 e. The fraction of sp³-hybridized carbons (Fsp3) is 0.533. The van der Waals surface area contributed by atoms with Gasteiger partial charge in [0.15, 0.2) is 0 Å². The van der Waals surface area contributed by atoms with Crippen molar-refractivity contribution < 1.29 is 9.32 Å². The van der Waals surface area contributed by atoms with Gasteiger partial charge in [-0.25, -0.2) is 4.98 Å². The van der Waals surface area contributed by atoms with Crippen molar-refractivity contribution in [3.8, 4) is 0 Å². The van der Waals surface area contributed by atoms with E-state index in [9.17, 15) is 4.79 Å². The predicted octanol–water partition coefficient (Wildman–Crippen LogP) is 1.08. The van der Waals surface area contributed by atoms with Crippen LogP contribution in [-0.4, -0.2) is 47.1 Å². The molecule has 2 aromatic rings. The molecule has 6 nitrogen and oxygen atoms in total. The van der Waals surface area contributed by atoms with Gasteiger partial charge in [0.05, 0.1) is 16.6 Å². The van der Waals surface area contributed by atoms with Crippen LogP contribution in [0.2, 0.25) is 0 Å². The Balaban J connectivity index is 1.62. The molecule has 6 heteroatoms. The Morgan fingerprint density at radius 1 is 1.43 bits per heavy atom. The summed E-state index contributed by atoms with van der Waals surface area (Å²) in [6.07, 6.45) is 2.37. The van der Waals surface area contributed by atoms with Crippen molar-refractivity contribution in [2.24, 2.45) is 11.8 Å². The van der Waals surface area contributed by atoms with E-state index in [0.717, 1.165) is 43.7 Å². The van der Waals surface area contributed by atoms with Gasteiger partial charge in [0.25, 0.3) is 11.6 Å².